The van der Waals surface area contributed by atoms with Crippen molar-refractivity contribution in [2.75, 3.05) is 7.11 Å². The smallest absolute Gasteiger partial charge is 0.120 e. The minimum atomic E-state index is 0.0666. The molecule has 1 heterocycles. The Kier molecular flexibility index (Phi) is 5.04. The number of methoxy groups -OCH3 is 1. The Morgan fingerprint density at radius 2 is 2.15 bits per heavy atom. The molecule has 1 aromatic heterocycles. The molecular weight excluding hydrogens is 270 g/mol. The molecule has 0 radical (unpaired) electrons. The van der Waals surface area contributed by atoms with Gasteiger partial charge in [0.1, 0.15) is 11.5 Å². The van der Waals surface area contributed by atoms with Crippen molar-refractivity contribution in [2.24, 2.45) is 0 Å². The number of nitrogens with one attached hydrogen (secondary N) is 1. The van der Waals surface area contributed by atoms with Crippen molar-refractivity contribution >= 4 is 11.3 Å². The van der Waals surface area contributed by atoms with Crippen molar-refractivity contribution in [3.63, 3.8) is 0 Å². The number of hydrogen-bond acceptors (Lipinski definition) is 4. The number of phenolic OH excluding ortho intramolecular Hbond substituents is 1. The van der Waals surface area contributed by atoms with Crippen LogP contribution in [0.15, 0.2) is 29.6 Å². The summed E-state index contributed by atoms with van der Waals surface area (Å²) in [6, 6.07) is 7.56. The first-order valence-electron chi connectivity index (χ1n) is 6.81. The Hall–Kier alpha value is -1.52. The van der Waals surface area contributed by atoms with Crippen molar-refractivity contribution in [2.45, 2.75) is 32.9 Å². The molecule has 4 heteroatoms. The molecule has 1 unspecified atom stereocenters. The molecular formula is C16H21NO2S. The molecule has 108 valence electrons. The Morgan fingerprint density at radius 1 is 1.35 bits per heavy atom. The van der Waals surface area contributed by atoms with E-state index in [9.17, 15) is 5.11 Å². The Bertz CT molecular complexity index is 565. The number of ether oxygens (including phenoxy) is 1. The summed E-state index contributed by atoms with van der Waals surface area (Å²) in [6.07, 6.45) is 1.05. The Balaban J connectivity index is 2.06. The lowest BCUT2D eigenvalue weighted by Gasteiger charge is -2.16. The van der Waals surface area contributed by atoms with Crippen LogP contribution in [0, 0.1) is 0 Å². The van der Waals surface area contributed by atoms with Crippen LogP contribution in [0.3, 0.4) is 0 Å². The van der Waals surface area contributed by atoms with Gasteiger partial charge >= 0.3 is 0 Å². The second kappa shape index (κ2) is 6.77. The molecule has 1 aromatic carbocycles. The van der Waals surface area contributed by atoms with Gasteiger partial charge in [0.25, 0.3) is 0 Å². The molecule has 0 spiro atoms. The summed E-state index contributed by atoms with van der Waals surface area (Å²) >= 11 is 1.77. The second-order valence-corrected chi connectivity index (χ2v) is 5.75. The lowest BCUT2D eigenvalue weighted by atomic mass is 10.1. The summed E-state index contributed by atoms with van der Waals surface area (Å²) in [5, 5.41) is 15.6. The minimum absolute atomic E-state index is 0.0666. The number of phenols is 1. The fourth-order valence-corrected chi connectivity index (χ4v) is 3.13. The molecule has 0 aliphatic rings. The number of aromatic hydroxyl groups is 1. The van der Waals surface area contributed by atoms with Crippen molar-refractivity contribution in [1.82, 2.24) is 5.32 Å². The van der Waals surface area contributed by atoms with Gasteiger partial charge in [-0.05, 0) is 48.6 Å². The zero-order valence-corrected chi connectivity index (χ0v) is 13.0. The normalized spacial score (nSPS) is 12.3. The van der Waals surface area contributed by atoms with Gasteiger partial charge in [-0.25, -0.2) is 0 Å². The molecule has 0 aliphatic carbocycles. The fourth-order valence-electron chi connectivity index (χ4n) is 2.20. The van der Waals surface area contributed by atoms with Gasteiger partial charge in [-0.1, -0.05) is 6.92 Å². The molecule has 0 bridgehead atoms. The maximum Gasteiger partial charge on any atom is 0.120 e. The van der Waals surface area contributed by atoms with Crippen LogP contribution in [-0.2, 0) is 13.0 Å². The zero-order chi connectivity index (χ0) is 14.5. The average Bonchev–Trinajstić information content (AvgIpc) is 2.92. The lowest BCUT2D eigenvalue weighted by Crippen LogP contribution is -2.18. The van der Waals surface area contributed by atoms with E-state index in [4.69, 9.17) is 4.74 Å². The summed E-state index contributed by atoms with van der Waals surface area (Å²) < 4.78 is 5.21. The van der Waals surface area contributed by atoms with Crippen molar-refractivity contribution in [1.29, 1.82) is 0 Å². The number of thiophene rings is 1. The first kappa shape index (κ1) is 14.9. The predicted molar refractivity (Wildman–Crippen MR) is 83.6 cm³/mol. The first-order chi connectivity index (χ1) is 9.65. The van der Waals surface area contributed by atoms with Gasteiger partial charge in [-0.3, -0.25) is 0 Å². The number of benzene rings is 1. The zero-order valence-electron chi connectivity index (χ0n) is 12.1. The molecule has 20 heavy (non-hydrogen) atoms. The van der Waals surface area contributed by atoms with Crippen LogP contribution in [0.2, 0.25) is 0 Å². The fraction of sp³-hybridized carbons (Fsp3) is 0.375. The van der Waals surface area contributed by atoms with E-state index in [1.54, 1.807) is 30.6 Å². The van der Waals surface area contributed by atoms with Gasteiger partial charge in [0.15, 0.2) is 0 Å². The third kappa shape index (κ3) is 3.32. The number of rotatable bonds is 6. The van der Waals surface area contributed by atoms with E-state index in [1.165, 1.54) is 10.4 Å². The average molecular weight is 291 g/mol. The second-order valence-electron chi connectivity index (χ2n) is 4.75. The van der Waals surface area contributed by atoms with Crippen LogP contribution >= 0.6 is 11.3 Å². The van der Waals surface area contributed by atoms with Gasteiger partial charge in [0, 0.05) is 23.0 Å². The van der Waals surface area contributed by atoms with Crippen molar-refractivity contribution < 1.29 is 9.84 Å². The highest BCUT2D eigenvalue weighted by molar-refractivity contribution is 7.10. The van der Waals surface area contributed by atoms with Gasteiger partial charge in [0.2, 0.25) is 0 Å². The molecule has 0 amide bonds. The standard InChI is InChI=1S/C16H21NO2S/c1-4-12-7-8-20-16(12)10-17-11(2)14-9-13(19-3)5-6-15(14)18/h5-9,11,17-18H,4,10H2,1-3H3. The van der Waals surface area contributed by atoms with Crippen molar-refractivity contribution in [3.8, 4) is 11.5 Å². The number of hydrogen-bond donors (Lipinski definition) is 2. The molecule has 2 rings (SSSR count). The largest absolute Gasteiger partial charge is 0.508 e. The van der Waals surface area contributed by atoms with E-state index in [0.717, 1.165) is 24.3 Å². The summed E-state index contributed by atoms with van der Waals surface area (Å²) in [5.41, 5.74) is 2.25. The predicted octanol–water partition coefficient (Wildman–Crippen LogP) is 3.88. The summed E-state index contributed by atoms with van der Waals surface area (Å²) in [6.45, 7) is 5.04. The number of aryl methyl sites for hydroxylation is 1. The SMILES string of the molecule is CCc1ccsc1CNC(C)c1cc(OC)ccc1O. The molecule has 1 atom stereocenters. The van der Waals surface area contributed by atoms with E-state index in [2.05, 4.69) is 23.7 Å². The third-order valence-corrected chi connectivity index (χ3v) is 4.45. The lowest BCUT2D eigenvalue weighted by molar-refractivity contribution is 0.407. The topological polar surface area (TPSA) is 41.5 Å². The highest BCUT2D eigenvalue weighted by atomic mass is 32.1. The van der Waals surface area contributed by atoms with Gasteiger partial charge in [-0.2, -0.15) is 0 Å². The Morgan fingerprint density at radius 3 is 2.85 bits per heavy atom. The highest BCUT2D eigenvalue weighted by Crippen LogP contribution is 2.29. The van der Waals surface area contributed by atoms with Gasteiger partial charge < -0.3 is 15.2 Å². The van der Waals surface area contributed by atoms with Crippen LogP contribution in [0.1, 0.15) is 35.9 Å². The molecule has 0 aliphatic heterocycles. The summed E-state index contributed by atoms with van der Waals surface area (Å²) in [7, 11) is 1.63. The third-order valence-electron chi connectivity index (χ3n) is 3.49. The van der Waals surface area contributed by atoms with Crippen molar-refractivity contribution in [3.05, 3.63) is 45.6 Å². The Labute approximate surface area is 124 Å². The first-order valence-corrected chi connectivity index (χ1v) is 7.69. The van der Waals surface area contributed by atoms with E-state index in [-0.39, 0.29) is 6.04 Å². The molecule has 2 aromatic rings. The maximum absolute atomic E-state index is 9.97. The van der Waals surface area contributed by atoms with Crippen LogP contribution < -0.4 is 10.1 Å². The molecule has 0 fully saturated rings. The monoisotopic (exact) mass is 291 g/mol. The highest BCUT2D eigenvalue weighted by Gasteiger charge is 2.12. The molecule has 0 saturated heterocycles. The molecule has 3 nitrogen and oxygen atoms in total. The quantitative estimate of drug-likeness (QED) is 0.848. The van der Waals surface area contributed by atoms with E-state index >= 15 is 0 Å². The van der Waals surface area contributed by atoms with E-state index in [1.807, 2.05) is 13.0 Å². The van der Waals surface area contributed by atoms with Gasteiger partial charge in [-0.15, -0.1) is 11.3 Å². The summed E-state index contributed by atoms with van der Waals surface area (Å²) in [4.78, 5) is 1.36. The maximum atomic E-state index is 9.97. The molecule has 2 N–H and O–H groups in total. The van der Waals surface area contributed by atoms with Crippen LogP contribution in [0.5, 0.6) is 11.5 Å². The van der Waals surface area contributed by atoms with Crippen LogP contribution in [0.4, 0.5) is 0 Å². The van der Waals surface area contributed by atoms with E-state index in [0.29, 0.717) is 5.75 Å². The van der Waals surface area contributed by atoms with E-state index < -0.39 is 0 Å². The summed E-state index contributed by atoms with van der Waals surface area (Å²) in [5.74, 6) is 1.06. The van der Waals surface area contributed by atoms with Crippen LogP contribution in [-0.4, -0.2) is 12.2 Å². The molecule has 0 saturated carbocycles. The van der Waals surface area contributed by atoms with Gasteiger partial charge in [0.05, 0.1) is 7.11 Å². The minimum Gasteiger partial charge on any atom is -0.508 e. The van der Waals surface area contributed by atoms with Crippen LogP contribution in [0.25, 0.3) is 0 Å².